The van der Waals surface area contributed by atoms with Gasteiger partial charge in [0.2, 0.25) is 0 Å². The van der Waals surface area contributed by atoms with E-state index < -0.39 is 0 Å². The van der Waals surface area contributed by atoms with Gasteiger partial charge in [0.15, 0.2) is 0 Å². The van der Waals surface area contributed by atoms with Crippen LogP contribution in [0.5, 0.6) is 0 Å². The fourth-order valence-electron chi connectivity index (χ4n) is 2.18. The van der Waals surface area contributed by atoms with Gasteiger partial charge in [0.25, 0.3) is 0 Å². The zero-order valence-corrected chi connectivity index (χ0v) is 13.0. The maximum atomic E-state index is 5.81. The molecule has 19 heavy (non-hydrogen) atoms. The van der Waals surface area contributed by atoms with Crippen LogP contribution in [0.1, 0.15) is 52.0 Å². The number of benzene rings is 1. The minimum absolute atomic E-state index is 0.448. The van der Waals surface area contributed by atoms with Gasteiger partial charge in [-0.25, -0.2) is 4.98 Å². The zero-order valence-electron chi connectivity index (χ0n) is 12.2. The van der Waals surface area contributed by atoms with E-state index in [1.165, 1.54) is 32.3 Å². The molecule has 0 radical (unpaired) electrons. The Labute approximate surface area is 119 Å². The summed E-state index contributed by atoms with van der Waals surface area (Å²) in [7, 11) is 0. The molecule has 2 N–H and O–H groups in total. The summed E-state index contributed by atoms with van der Waals surface area (Å²) in [5.41, 5.74) is 11.0. The first-order valence-corrected chi connectivity index (χ1v) is 7.57. The number of aryl methyl sites for hydroxylation is 2. The second kappa shape index (κ2) is 5.85. The van der Waals surface area contributed by atoms with Crippen LogP contribution in [-0.4, -0.2) is 4.98 Å². The highest BCUT2D eigenvalue weighted by molar-refractivity contribution is 7.11. The van der Waals surface area contributed by atoms with E-state index in [0.29, 0.717) is 12.5 Å². The Hall–Kier alpha value is -1.19. The van der Waals surface area contributed by atoms with Crippen molar-refractivity contribution in [2.24, 2.45) is 5.73 Å². The number of aromatic nitrogens is 1. The van der Waals surface area contributed by atoms with Gasteiger partial charge < -0.3 is 5.73 Å². The summed E-state index contributed by atoms with van der Waals surface area (Å²) in [5, 5.41) is 1.17. The molecule has 0 amide bonds. The molecule has 1 aromatic heterocycles. The number of rotatable bonds is 4. The largest absolute Gasteiger partial charge is 0.326 e. The average molecular weight is 274 g/mol. The van der Waals surface area contributed by atoms with Crippen molar-refractivity contribution in [3.63, 3.8) is 0 Å². The summed E-state index contributed by atoms with van der Waals surface area (Å²) in [5.74, 6) is 0.448. The summed E-state index contributed by atoms with van der Waals surface area (Å²) < 4.78 is 0. The van der Waals surface area contributed by atoms with E-state index in [0.717, 1.165) is 6.42 Å². The third-order valence-corrected chi connectivity index (χ3v) is 4.52. The van der Waals surface area contributed by atoms with Gasteiger partial charge in [0.05, 0.1) is 10.7 Å². The second-order valence-corrected chi connectivity index (χ2v) is 6.54. The number of hydrogen-bond acceptors (Lipinski definition) is 3. The molecule has 0 aliphatic rings. The van der Waals surface area contributed by atoms with Crippen LogP contribution in [0.15, 0.2) is 18.2 Å². The second-order valence-electron chi connectivity index (χ2n) is 5.37. The topological polar surface area (TPSA) is 38.9 Å². The highest BCUT2D eigenvalue weighted by Crippen LogP contribution is 2.26. The molecular weight excluding hydrogens is 252 g/mol. The fraction of sp³-hybridized carbons (Fsp3) is 0.438. The van der Waals surface area contributed by atoms with Gasteiger partial charge in [-0.2, -0.15) is 0 Å². The van der Waals surface area contributed by atoms with Crippen LogP contribution >= 0.6 is 11.3 Å². The Morgan fingerprint density at radius 3 is 2.47 bits per heavy atom. The van der Waals surface area contributed by atoms with Crippen LogP contribution in [0.2, 0.25) is 0 Å². The first kappa shape index (κ1) is 14.2. The average Bonchev–Trinajstić information content (AvgIpc) is 2.77. The highest BCUT2D eigenvalue weighted by atomic mass is 32.1. The highest BCUT2D eigenvalue weighted by Gasteiger charge is 2.13. The van der Waals surface area contributed by atoms with Gasteiger partial charge >= 0.3 is 0 Å². The summed E-state index contributed by atoms with van der Waals surface area (Å²) in [4.78, 5) is 6.00. The molecule has 2 rings (SSSR count). The molecule has 3 heteroatoms. The molecule has 2 nitrogen and oxygen atoms in total. The third-order valence-electron chi connectivity index (χ3n) is 3.43. The van der Waals surface area contributed by atoms with E-state index in [9.17, 15) is 0 Å². The quantitative estimate of drug-likeness (QED) is 0.917. The molecule has 0 aliphatic carbocycles. The van der Waals surface area contributed by atoms with Gasteiger partial charge in [-0.05, 0) is 36.5 Å². The number of thiazole rings is 1. The molecular formula is C16H22N2S. The number of hydrogen-bond donors (Lipinski definition) is 1. The summed E-state index contributed by atoms with van der Waals surface area (Å²) in [6, 6.07) is 6.64. The predicted molar refractivity (Wildman–Crippen MR) is 82.8 cm³/mol. The Morgan fingerprint density at radius 1 is 1.21 bits per heavy atom. The molecule has 0 unspecified atom stereocenters. The lowest BCUT2D eigenvalue weighted by atomic mass is 10.0. The van der Waals surface area contributed by atoms with E-state index >= 15 is 0 Å². The molecule has 0 saturated heterocycles. The predicted octanol–water partition coefficient (Wildman–Crippen LogP) is 3.93. The van der Waals surface area contributed by atoms with Crippen LogP contribution in [-0.2, 0) is 13.0 Å². The normalized spacial score (nSPS) is 11.3. The summed E-state index contributed by atoms with van der Waals surface area (Å²) in [6.07, 6.45) is 0.908. The van der Waals surface area contributed by atoms with E-state index in [-0.39, 0.29) is 0 Å². The summed E-state index contributed by atoms with van der Waals surface area (Å²) >= 11 is 1.76. The van der Waals surface area contributed by atoms with E-state index in [1.807, 2.05) is 0 Å². The van der Waals surface area contributed by atoms with Crippen molar-refractivity contribution in [3.8, 4) is 0 Å². The van der Waals surface area contributed by atoms with Gasteiger partial charge in [-0.15, -0.1) is 11.3 Å². The fourth-order valence-corrected chi connectivity index (χ4v) is 3.31. The van der Waals surface area contributed by atoms with Gasteiger partial charge in [-0.1, -0.05) is 32.0 Å². The molecule has 1 aromatic carbocycles. The lowest BCUT2D eigenvalue weighted by molar-refractivity contribution is 0.806. The van der Waals surface area contributed by atoms with Gasteiger partial charge in [0, 0.05) is 17.8 Å². The van der Waals surface area contributed by atoms with Crippen LogP contribution in [0.25, 0.3) is 0 Å². The molecule has 1 heterocycles. The maximum Gasteiger partial charge on any atom is 0.0975 e. The van der Waals surface area contributed by atoms with E-state index in [1.54, 1.807) is 11.3 Å². The van der Waals surface area contributed by atoms with Crippen molar-refractivity contribution in [2.45, 2.75) is 46.6 Å². The van der Waals surface area contributed by atoms with Crippen molar-refractivity contribution in [3.05, 3.63) is 50.5 Å². The molecule has 102 valence electrons. The molecule has 0 spiro atoms. The van der Waals surface area contributed by atoms with Crippen molar-refractivity contribution in [2.75, 3.05) is 0 Å². The Balaban J connectivity index is 2.25. The Morgan fingerprint density at radius 2 is 1.95 bits per heavy atom. The summed E-state index contributed by atoms with van der Waals surface area (Å²) in [6.45, 7) is 9.25. The monoisotopic (exact) mass is 274 g/mol. The molecule has 0 saturated carbocycles. The standard InChI is InChI=1S/C16H22N2S/c1-10(2)16-14(9-17)19-15(18-16)8-13-6-5-11(3)12(4)7-13/h5-7,10H,8-9,17H2,1-4H3. The minimum Gasteiger partial charge on any atom is -0.326 e. The molecule has 0 atom stereocenters. The van der Waals surface area contributed by atoms with Crippen LogP contribution in [0, 0.1) is 13.8 Å². The van der Waals surface area contributed by atoms with Crippen LogP contribution < -0.4 is 5.73 Å². The third kappa shape index (κ3) is 3.23. The van der Waals surface area contributed by atoms with Crippen LogP contribution in [0.3, 0.4) is 0 Å². The molecule has 0 aliphatic heterocycles. The Bertz CT molecular complexity index is 570. The lowest BCUT2D eigenvalue weighted by Gasteiger charge is -2.03. The van der Waals surface area contributed by atoms with Crippen molar-refractivity contribution >= 4 is 11.3 Å². The minimum atomic E-state index is 0.448. The van der Waals surface area contributed by atoms with E-state index in [2.05, 4.69) is 45.9 Å². The van der Waals surface area contributed by atoms with Gasteiger partial charge in [0.1, 0.15) is 0 Å². The van der Waals surface area contributed by atoms with Crippen molar-refractivity contribution in [1.82, 2.24) is 4.98 Å². The first-order chi connectivity index (χ1) is 9.01. The molecule has 2 aromatic rings. The molecule has 0 bridgehead atoms. The van der Waals surface area contributed by atoms with Crippen LogP contribution in [0.4, 0.5) is 0 Å². The first-order valence-electron chi connectivity index (χ1n) is 6.76. The lowest BCUT2D eigenvalue weighted by Crippen LogP contribution is -1.99. The smallest absolute Gasteiger partial charge is 0.0975 e. The molecule has 0 fully saturated rings. The van der Waals surface area contributed by atoms with Gasteiger partial charge in [-0.3, -0.25) is 0 Å². The van der Waals surface area contributed by atoms with E-state index in [4.69, 9.17) is 10.7 Å². The number of nitrogens with zero attached hydrogens (tertiary/aromatic N) is 1. The van der Waals surface area contributed by atoms with Crippen molar-refractivity contribution in [1.29, 1.82) is 0 Å². The zero-order chi connectivity index (χ0) is 14.0. The maximum absolute atomic E-state index is 5.81. The SMILES string of the molecule is Cc1ccc(Cc2nc(C(C)C)c(CN)s2)cc1C. The number of nitrogens with two attached hydrogens (primary N) is 1. The van der Waals surface area contributed by atoms with Crippen molar-refractivity contribution < 1.29 is 0 Å². The Kier molecular flexibility index (Phi) is 4.38.